The molecule has 0 amide bonds. The Hall–Kier alpha value is -1.36. The lowest BCUT2D eigenvalue weighted by atomic mass is 10.1. The Kier molecular flexibility index (Phi) is 4.25. The summed E-state index contributed by atoms with van der Waals surface area (Å²) in [7, 11) is 0. The maximum Gasteiger partial charge on any atom is 0.322 e. The SMILES string of the molecule is CC[C@H]1O[C@@H](n2cnc3c(=O)[nH]c(N)nc32)C[C@H]1OP(O)(O)=S. The maximum absolute atomic E-state index is 11.8. The fourth-order valence-corrected chi connectivity index (χ4v) is 3.58. The lowest BCUT2D eigenvalue weighted by Crippen LogP contribution is -2.22. The Morgan fingerprint density at radius 3 is 3.04 bits per heavy atom. The van der Waals surface area contributed by atoms with Gasteiger partial charge < -0.3 is 24.8 Å². The number of aromatic nitrogens is 4. The Bertz CT molecular complexity index is 832. The van der Waals surface area contributed by atoms with E-state index in [4.69, 9.17) is 15.0 Å². The smallest absolute Gasteiger partial charge is 0.322 e. The van der Waals surface area contributed by atoms with Crippen molar-refractivity contribution in [3.8, 4) is 0 Å². The molecule has 1 saturated heterocycles. The van der Waals surface area contributed by atoms with Gasteiger partial charge in [0.1, 0.15) is 6.23 Å². The number of hydrogen-bond donors (Lipinski definition) is 4. The van der Waals surface area contributed by atoms with Crippen LogP contribution >= 0.6 is 6.72 Å². The van der Waals surface area contributed by atoms with Gasteiger partial charge in [-0.15, -0.1) is 0 Å². The second-order valence-electron chi connectivity index (χ2n) is 5.18. The minimum absolute atomic E-state index is 0.0247. The molecule has 2 aromatic rings. The van der Waals surface area contributed by atoms with Crippen molar-refractivity contribution in [1.82, 2.24) is 19.5 Å². The highest BCUT2D eigenvalue weighted by molar-refractivity contribution is 8.06. The standard InChI is InChI=1S/C11H16N5O5PS/c1-2-5-6(21-22(18,19)23)3-7(20-5)16-4-13-8-9(16)14-11(12)15-10(8)17/h4-7H,2-3H2,1H3,(H2,18,19,23)(H3,12,14,15,17)/t5-,6-,7-/m1/s1. The predicted molar refractivity (Wildman–Crippen MR) is 85.0 cm³/mol. The number of nitrogens with two attached hydrogens (primary N) is 1. The van der Waals surface area contributed by atoms with E-state index in [1.54, 1.807) is 4.57 Å². The highest BCUT2D eigenvalue weighted by atomic mass is 32.5. The maximum atomic E-state index is 11.8. The number of nitrogens with one attached hydrogen (secondary N) is 1. The van der Waals surface area contributed by atoms with Gasteiger partial charge in [-0.1, -0.05) is 6.92 Å². The first-order chi connectivity index (χ1) is 10.8. The first-order valence-electron chi connectivity index (χ1n) is 6.90. The van der Waals surface area contributed by atoms with Crippen LogP contribution in [0.1, 0.15) is 26.0 Å². The van der Waals surface area contributed by atoms with Crippen molar-refractivity contribution in [1.29, 1.82) is 0 Å². The third kappa shape index (κ3) is 3.30. The molecule has 0 radical (unpaired) electrons. The molecule has 3 atom stereocenters. The van der Waals surface area contributed by atoms with E-state index >= 15 is 0 Å². The van der Waals surface area contributed by atoms with E-state index in [1.165, 1.54) is 6.33 Å². The summed E-state index contributed by atoms with van der Waals surface area (Å²) in [5.74, 6) is -0.0247. The highest BCUT2D eigenvalue weighted by Crippen LogP contribution is 2.44. The van der Waals surface area contributed by atoms with Crippen LogP contribution in [0.2, 0.25) is 0 Å². The van der Waals surface area contributed by atoms with Gasteiger partial charge >= 0.3 is 6.72 Å². The van der Waals surface area contributed by atoms with Crippen LogP contribution in [0.5, 0.6) is 0 Å². The second-order valence-corrected chi connectivity index (χ2v) is 7.80. The lowest BCUT2D eigenvalue weighted by Gasteiger charge is -2.19. The molecule has 1 aliphatic heterocycles. The Labute approximate surface area is 135 Å². The molecular weight excluding hydrogens is 345 g/mol. The molecule has 126 valence electrons. The summed E-state index contributed by atoms with van der Waals surface area (Å²) in [5, 5.41) is 0. The number of rotatable bonds is 4. The molecule has 3 rings (SSSR count). The van der Waals surface area contributed by atoms with Crippen molar-refractivity contribution in [2.45, 2.75) is 38.2 Å². The predicted octanol–water partition coefficient (Wildman–Crippen LogP) is -0.00640. The molecule has 3 heterocycles. The molecule has 0 aliphatic carbocycles. The first-order valence-corrected chi connectivity index (χ1v) is 9.53. The zero-order chi connectivity index (χ0) is 16.8. The van der Waals surface area contributed by atoms with Crippen LogP contribution in [0.15, 0.2) is 11.1 Å². The van der Waals surface area contributed by atoms with Crippen LogP contribution in [-0.2, 0) is 21.1 Å². The van der Waals surface area contributed by atoms with Crippen LogP contribution in [0, 0.1) is 0 Å². The molecule has 0 unspecified atom stereocenters. The van der Waals surface area contributed by atoms with Crippen molar-refractivity contribution >= 4 is 35.6 Å². The van der Waals surface area contributed by atoms with Crippen LogP contribution in [0.3, 0.4) is 0 Å². The van der Waals surface area contributed by atoms with Crippen LogP contribution < -0.4 is 11.3 Å². The number of ether oxygens (including phenoxy) is 1. The molecule has 1 aliphatic rings. The molecule has 0 bridgehead atoms. The van der Waals surface area contributed by atoms with Crippen molar-refractivity contribution < 1.29 is 19.0 Å². The third-order valence-corrected chi connectivity index (χ3v) is 4.42. The Balaban J connectivity index is 1.94. The summed E-state index contributed by atoms with van der Waals surface area (Å²) >= 11 is 4.52. The fourth-order valence-electron chi connectivity index (χ4n) is 2.67. The number of imidazole rings is 1. The molecule has 1 fully saturated rings. The molecule has 23 heavy (non-hydrogen) atoms. The van der Waals surface area contributed by atoms with Gasteiger partial charge in [-0.25, -0.2) is 4.98 Å². The van der Waals surface area contributed by atoms with Gasteiger partial charge in [0.15, 0.2) is 11.2 Å². The van der Waals surface area contributed by atoms with E-state index in [9.17, 15) is 14.6 Å². The van der Waals surface area contributed by atoms with Crippen molar-refractivity contribution in [2.24, 2.45) is 0 Å². The van der Waals surface area contributed by atoms with Gasteiger partial charge in [0.25, 0.3) is 5.56 Å². The summed E-state index contributed by atoms with van der Waals surface area (Å²) in [4.78, 5) is 41.0. The van der Waals surface area contributed by atoms with Crippen molar-refractivity contribution in [3.05, 3.63) is 16.7 Å². The van der Waals surface area contributed by atoms with E-state index in [2.05, 4.69) is 26.8 Å². The summed E-state index contributed by atoms with van der Waals surface area (Å²) in [5.41, 5.74) is 5.57. The van der Waals surface area contributed by atoms with Gasteiger partial charge in [-0.2, -0.15) is 4.98 Å². The molecule has 12 heteroatoms. The minimum Gasteiger partial charge on any atom is -0.369 e. The molecule has 0 saturated carbocycles. The monoisotopic (exact) mass is 361 g/mol. The number of fused-ring (bicyclic) bond motifs is 1. The number of anilines is 1. The van der Waals surface area contributed by atoms with E-state index in [0.29, 0.717) is 18.5 Å². The van der Waals surface area contributed by atoms with E-state index < -0.39 is 24.6 Å². The number of H-pyrrole nitrogens is 1. The minimum atomic E-state index is -3.79. The van der Waals surface area contributed by atoms with Gasteiger partial charge in [0, 0.05) is 6.42 Å². The topological polar surface area (TPSA) is 149 Å². The quantitative estimate of drug-likeness (QED) is 0.552. The summed E-state index contributed by atoms with van der Waals surface area (Å²) in [6.45, 7) is -1.91. The van der Waals surface area contributed by atoms with Gasteiger partial charge in [0.2, 0.25) is 5.95 Å². The van der Waals surface area contributed by atoms with Gasteiger partial charge in [0.05, 0.1) is 18.5 Å². The van der Waals surface area contributed by atoms with E-state index in [-0.39, 0.29) is 17.6 Å². The van der Waals surface area contributed by atoms with Crippen molar-refractivity contribution in [2.75, 3.05) is 5.73 Å². The molecule has 2 aromatic heterocycles. The van der Waals surface area contributed by atoms with Crippen molar-refractivity contribution in [3.63, 3.8) is 0 Å². The van der Waals surface area contributed by atoms with Crippen LogP contribution in [-0.4, -0.2) is 41.5 Å². The summed E-state index contributed by atoms with van der Waals surface area (Å²) in [6.07, 6.45) is 0.892. The molecule has 5 N–H and O–H groups in total. The van der Waals surface area contributed by atoms with Gasteiger partial charge in [-0.3, -0.25) is 14.3 Å². The third-order valence-electron chi connectivity index (χ3n) is 3.62. The zero-order valence-electron chi connectivity index (χ0n) is 12.1. The van der Waals surface area contributed by atoms with Crippen LogP contribution in [0.4, 0.5) is 5.95 Å². The number of nitrogen functional groups attached to an aromatic ring is 1. The molecule has 0 aromatic carbocycles. The number of hydrogen-bond acceptors (Lipinski definition) is 7. The first kappa shape index (κ1) is 16.5. The molecular formula is C11H16N5O5PS. The Morgan fingerprint density at radius 2 is 2.39 bits per heavy atom. The normalized spacial score (nSPS) is 25.3. The second kappa shape index (κ2) is 5.93. The zero-order valence-corrected chi connectivity index (χ0v) is 13.8. The number of aromatic amines is 1. The Morgan fingerprint density at radius 1 is 1.65 bits per heavy atom. The summed E-state index contributed by atoms with van der Waals surface area (Å²) < 4.78 is 12.6. The largest absolute Gasteiger partial charge is 0.369 e. The summed E-state index contributed by atoms with van der Waals surface area (Å²) in [6, 6.07) is 0. The molecule has 10 nitrogen and oxygen atoms in total. The lowest BCUT2D eigenvalue weighted by molar-refractivity contribution is -0.0159. The average molecular weight is 361 g/mol. The van der Waals surface area contributed by atoms with E-state index in [0.717, 1.165) is 0 Å². The highest BCUT2D eigenvalue weighted by Gasteiger charge is 2.39. The average Bonchev–Trinajstić information content (AvgIpc) is 3.00. The van der Waals surface area contributed by atoms with Crippen LogP contribution in [0.25, 0.3) is 11.2 Å². The fraction of sp³-hybridized carbons (Fsp3) is 0.545. The van der Waals surface area contributed by atoms with Gasteiger partial charge in [-0.05, 0) is 18.2 Å². The molecule has 0 spiro atoms. The van der Waals surface area contributed by atoms with E-state index in [1.807, 2.05) is 6.92 Å². The number of nitrogens with zero attached hydrogens (tertiary/aromatic N) is 3.